The summed E-state index contributed by atoms with van der Waals surface area (Å²) in [6, 6.07) is 7.28. The van der Waals surface area contributed by atoms with Crippen LogP contribution < -0.4 is 88.5 Å². The molecule has 12 nitrogen and oxygen atoms in total. The van der Waals surface area contributed by atoms with Crippen LogP contribution in [0.3, 0.4) is 0 Å². The third-order valence-corrected chi connectivity index (χ3v) is 10.5. The molecule has 2 aromatic carbocycles. The zero-order chi connectivity index (χ0) is 45.8. The van der Waals surface area contributed by atoms with Gasteiger partial charge in [0.05, 0.1) is 23.5 Å². The first kappa shape index (κ1) is 71.5. The van der Waals surface area contributed by atoms with E-state index < -0.39 is 0 Å². The van der Waals surface area contributed by atoms with Crippen molar-refractivity contribution in [2.75, 3.05) is 16.0 Å². The van der Waals surface area contributed by atoms with Gasteiger partial charge in [0.15, 0.2) is 22.7 Å². The second-order valence-electron chi connectivity index (χ2n) is 16.2. The number of Topliss-reactive ketones (excluding diaryl/α,β-unsaturated/α-hetero) is 1. The topological polar surface area (TPSA) is 232 Å². The highest BCUT2D eigenvalue weighted by molar-refractivity contribution is 6.63. The first-order chi connectivity index (χ1) is 29.2. The van der Waals surface area contributed by atoms with E-state index in [1.165, 1.54) is 12.8 Å². The van der Waals surface area contributed by atoms with Crippen molar-refractivity contribution in [3.8, 4) is 0 Å². The maximum atomic E-state index is 13.0. The Bertz CT molecular complexity index is 1390. The van der Waals surface area contributed by atoms with Crippen molar-refractivity contribution in [2.45, 2.75) is 202 Å². The molecule has 3 amide bonds. The Kier molecular flexibility index (Phi) is 51.2. The van der Waals surface area contributed by atoms with Crippen molar-refractivity contribution in [3.63, 3.8) is 0 Å². The van der Waals surface area contributed by atoms with Gasteiger partial charge in [-0.25, -0.2) is 0 Å². The van der Waals surface area contributed by atoms with Gasteiger partial charge in [0.25, 0.3) is 0 Å². The number of carbonyl (C=O) groups excluding carboxylic acids is 5. The summed E-state index contributed by atoms with van der Waals surface area (Å²) in [7, 11) is 0. The number of rotatable bonds is 30. The number of halogens is 5. The second kappa shape index (κ2) is 46.6. The number of amides is 3. The van der Waals surface area contributed by atoms with Gasteiger partial charge in [-0.05, 0) is 61.4 Å². The summed E-state index contributed by atoms with van der Waals surface area (Å²) in [5.74, 6) is -0.239. The molecule has 0 aliphatic carbocycles. The number of unbranched alkanes of at least 4 members (excludes halogenated alkanes) is 15. The highest BCUT2D eigenvalue weighted by Crippen LogP contribution is 2.32. The number of anilines is 3. The zero-order valence-corrected chi connectivity index (χ0v) is 44.2. The van der Waals surface area contributed by atoms with E-state index in [9.17, 15) is 24.0 Å². The van der Waals surface area contributed by atoms with E-state index in [2.05, 4.69) is 73.5 Å². The number of ketones is 1. The minimum Gasteiger partial charge on any atom is -1.00 e. The quantitative estimate of drug-likeness (QED) is 0.0330. The van der Waals surface area contributed by atoms with Crippen LogP contribution in [0, 0.1) is 0 Å². The molecule has 15 N–H and O–H groups in total. The Morgan fingerprint density at radius 1 is 0.400 bits per heavy atom. The fraction of sp³-hybridized carbons (Fsp3) is 0.646. The van der Waals surface area contributed by atoms with Crippen molar-refractivity contribution in [1.82, 2.24) is 0 Å². The summed E-state index contributed by atoms with van der Waals surface area (Å²) in [4.78, 5) is 61.7. The number of carbonyl (C=O) groups is 5. The molecule has 378 valence electrons. The molecular weight excluding hydrogens is 932 g/mol. The van der Waals surface area contributed by atoms with Gasteiger partial charge in [0.2, 0.25) is 23.0 Å². The minimum atomic E-state index is -0.203. The van der Waals surface area contributed by atoms with Gasteiger partial charge in [0, 0.05) is 44.2 Å². The molecule has 0 heterocycles. The molecule has 17 heteroatoms. The molecule has 0 radical (unpaired) electrons. The highest BCUT2D eigenvalue weighted by Gasteiger charge is 2.18. The Hall–Kier alpha value is -2.52. The van der Waals surface area contributed by atoms with E-state index in [1.807, 2.05) is 12.1 Å². The van der Waals surface area contributed by atoms with Gasteiger partial charge in [-0.3, -0.25) is 24.0 Å². The van der Waals surface area contributed by atoms with Crippen LogP contribution in [0.25, 0.3) is 0 Å². The zero-order valence-electron chi connectivity index (χ0n) is 40.5. The van der Waals surface area contributed by atoms with E-state index >= 15 is 0 Å². The van der Waals surface area contributed by atoms with Crippen LogP contribution in [-0.2, 0) is 30.4 Å². The average Bonchev–Trinajstić information content (AvgIpc) is 3.21. The Labute approximate surface area is 421 Å². The van der Waals surface area contributed by atoms with Crippen molar-refractivity contribution >= 4 is 80.2 Å². The summed E-state index contributed by atoms with van der Waals surface area (Å²) < 4.78 is 0. The SMILES string of the molecule is CCCCCCC(=O)Cc1cc(NC(=O)CCCCCC)c(NC(=O)CCCCCC)cc1NC(=O)CCCCCC.CCCCCCC(=O)Cl.[Cl-].[Cl-].[Cl-].[Cl-].[NH3+]c1cc([NH3+])c([NH3+])cc1[NH3+]. The molecule has 0 unspecified atom stereocenters. The lowest BCUT2D eigenvalue weighted by molar-refractivity contribution is -0.313. The number of hydrogen-bond acceptors (Lipinski definition) is 5. The number of benzene rings is 2. The van der Waals surface area contributed by atoms with E-state index in [1.54, 1.807) is 12.1 Å². The largest absolute Gasteiger partial charge is 1.00 e. The van der Waals surface area contributed by atoms with Gasteiger partial charge in [-0.15, -0.1) is 0 Å². The summed E-state index contributed by atoms with van der Waals surface area (Å²) >= 11 is 5.12. The molecule has 0 spiro atoms. The molecule has 0 bridgehead atoms. The number of quaternary nitrogens is 4. The number of nitrogens with one attached hydrogen (secondary N) is 3. The lowest BCUT2D eigenvalue weighted by Gasteiger charge is -2.19. The van der Waals surface area contributed by atoms with Gasteiger partial charge in [-0.1, -0.05) is 131 Å². The maximum Gasteiger partial charge on any atom is 0.224 e. The molecule has 65 heavy (non-hydrogen) atoms. The van der Waals surface area contributed by atoms with Crippen LogP contribution in [0.15, 0.2) is 24.3 Å². The fourth-order valence-corrected chi connectivity index (χ4v) is 6.55. The van der Waals surface area contributed by atoms with Crippen molar-refractivity contribution in [1.29, 1.82) is 0 Å². The van der Waals surface area contributed by atoms with E-state index in [0.29, 0.717) is 54.7 Å². The first-order valence-electron chi connectivity index (χ1n) is 23.4. The highest BCUT2D eigenvalue weighted by atomic mass is 35.5. The van der Waals surface area contributed by atoms with Crippen LogP contribution >= 0.6 is 11.6 Å². The first-order valence-corrected chi connectivity index (χ1v) is 23.8. The molecule has 0 aromatic heterocycles. The van der Waals surface area contributed by atoms with Crippen LogP contribution in [0.1, 0.15) is 201 Å². The monoisotopic (exact) mass is 1020 g/mol. The third kappa shape index (κ3) is 38.2. The second-order valence-corrected chi connectivity index (χ2v) is 16.6. The van der Waals surface area contributed by atoms with Gasteiger partial charge >= 0.3 is 0 Å². The van der Waals surface area contributed by atoms with E-state index in [0.717, 1.165) is 138 Å². The van der Waals surface area contributed by atoms with Crippen LogP contribution in [-0.4, -0.2) is 28.7 Å². The molecule has 0 atom stereocenters. The molecule has 0 saturated heterocycles. The maximum absolute atomic E-state index is 13.0. The Balaban J connectivity index is -0.000000430. The van der Waals surface area contributed by atoms with Crippen LogP contribution in [0.2, 0.25) is 0 Å². The molecule has 2 rings (SSSR count). The summed E-state index contributed by atoms with van der Waals surface area (Å²) in [5.41, 5.74) is 21.0. The number of hydrogen-bond donors (Lipinski definition) is 7. The summed E-state index contributed by atoms with van der Waals surface area (Å²) in [6.07, 6.45) is 22.9. The molecule has 0 fully saturated rings. The van der Waals surface area contributed by atoms with Crippen LogP contribution in [0.5, 0.6) is 0 Å². The Morgan fingerprint density at radius 2 is 0.692 bits per heavy atom. The standard InChI is InChI=1S/C35H59N3O4.C7H13ClO.C6H10N4.4ClH/c1-5-9-13-17-21-29(39)25-28-26-31(37-34(41)23-19-15-11-7-3)32(38-35(42)24-20-16-12-8-4)27-30(28)36-33(40)22-18-14-10-6-2;1-2-3-4-5-6-7(8)9;7-3-1-4(8)6(10)2-5(3)9;;;;/h26-27H,5-25H2,1-4H3,(H,36,40)(H,37,41)(H,38,42);2-6H2,1H3;1-2H,7-10H2;4*1H. The summed E-state index contributed by atoms with van der Waals surface area (Å²) in [5, 5.41) is 8.79. The smallest absolute Gasteiger partial charge is 0.224 e. The fourth-order valence-electron chi connectivity index (χ4n) is 6.42. The average molecular weight is 1020 g/mol. The van der Waals surface area contributed by atoms with Gasteiger partial charge < -0.3 is 88.5 Å². The Morgan fingerprint density at radius 3 is 1.02 bits per heavy atom. The van der Waals surface area contributed by atoms with Crippen molar-refractivity contribution in [3.05, 3.63) is 29.8 Å². The molecule has 0 aliphatic rings. The van der Waals surface area contributed by atoms with Crippen molar-refractivity contribution < 1.29 is 96.5 Å². The molecular formula is C48H86Cl5N7O5. The van der Waals surface area contributed by atoms with Gasteiger partial charge in [-0.2, -0.15) is 0 Å². The molecule has 0 aliphatic heterocycles. The third-order valence-electron chi connectivity index (χ3n) is 10.3. The minimum absolute atomic E-state index is 0. The van der Waals surface area contributed by atoms with Gasteiger partial charge in [0.1, 0.15) is 5.78 Å². The predicted octanol–water partition coefficient (Wildman–Crippen LogP) is -2.59. The van der Waals surface area contributed by atoms with Crippen LogP contribution in [0.4, 0.5) is 39.8 Å². The van der Waals surface area contributed by atoms with E-state index in [4.69, 9.17) is 11.6 Å². The summed E-state index contributed by atoms with van der Waals surface area (Å²) in [6.45, 7) is 10.7. The lowest BCUT2D eigenvalue weighted by atomic mass is 10.00. The normalized spacial score (nSPS) is 9.88. The lowest BCUT2D eigenvalue weighted by Crippen LogP contribution is -3.00. The van der Waals surface area contributed by atoms with Crippen molar-refractivity contribution in [2.24, 2.45) is 0 Å². The van der Waals surface area contributed by atoms with E-state index in [-0.39, 0.29) is 84.8 Å². The molecule has 0 saturated carbocycles. The predicted molar refractivity (Wildman–Crippen MR) is 252 cm³/mol. The molecule has 2 aromatic rings.